The van der Waals surface area contributed by atoms with Gasteiger partial charge >= 0.3 is 0 Å². The fraction of sp³-hybridized carbons (Fsp3) is 0.375. The molecule has 3 aromatic rings. The van der Waals surface area contributed by atoms with Crippen LogP contribution in [-0.4, -0.2) is 49.8 Å². The molecule has 2 aliphatic heterocycles. The van der Waals surface area contributed by atoms with Crippen LogP contribution in [-0.2, 0) is 26.1 Å². The zero-order valence-electron chi connectivity index (χ0n) is 17.2. The van der Waals surface area contributed by atoms with Crippen LogP contribution in [0.1, 0.15) is 40.0 Å². The molecule has 1 fully saturated rings. The molecule has 0 N–H and O–H groups in total. The summed E-state index contributed by atoms with van der Waals surface area (Å²) in [5, 5.41) is 8.48. The lowest BCUT2D eigenvalue weighted by Gasteiger charge is -2.28. The molecular formula is C24H27N5O. The van der Waals surface area contributed by atoms with Gasteiger partial charge in [0.25, 0.3) is 5.91 Å². The number of nitrogens with zero attached hydrogens (tertiary/aromatic N) is 5. The minimum absolute atomic E-state index is 0.0247. The van der Waals surface area contributed by atoms with E-state index in [9.17, 15) is 4.79 Å². The number of aromatic nitrogens is 3. The van der Waals surface area contributed by atoms with E-state index in [1.54, 1.807) is 0 Å². The monoisotopic (exact) mass is 401 g/mol. The van der Waals surface area contributed by atoms with Crippen LogP contribution >= 0.6 is 0 Å². The van der Waals surface area contributed by atoms with E-state index in [0.717, 1.165) is 39.0 Å². The van der Waals surface area contributed by atoms with Gasteiger partial charge in [-0.1, -0.05) is 59.8 Å². The Balaban J connectivity index is 1.23. The molecule has 0 aliphatic carbocycles. The van der Waals surface area contributed by atoms with Gasteiger partial charge in [0.1, 0.15) is 0 Å². The fourth-order valence-corrected chi connectivity index (χ4v) is 4.66. The van der Waals surface area contributed by atoms with Crippen molar-refractivity contribution in [3.63, 3.8) is 0 Å². The predicted molar refractivity (Wildman–Crippen MR) is 115 cm³/mol. The van der Waals surface area contributed by atoms with Crippen molar-refractivity contribution in [2.45, 2.75) is 44.9 Å². The van der Waals surface area contributed by atoms with E-state index >= 15 is 0 Å². The van der Waals surface area contributed by atoms with Crippen molar-refractivity contribution in [3.05, 3.63) is 83.2 Å². The standard InChI is InChI=1S/C24H27N5O/c30-24(28-14-12-20-9-4-5-10-21(20)16-28)23-18-29(26-25-23)17-22-11-6-13-27(22)15-19-7-2-1-3-8-19/h1-5,7-10,18,22H,6,11-17H2/t22-/m0/s1. The predicted octanol–water partition coefficient (Wildman–Crippen LogP) is 3.14. The van der Waals surface area contributed by atoms with Crippen molar-refractivity contribution in [2.75, 3.05) is 13.1 Å². The molecule has 0 spiro atoms. The largest absolute Gasteiger partial charge is 0.333 e. The number of hydrogen-bond donors (Lipinski definition) is 0. The van der Waals surface area contributed by atoms with Gasteiger partial charge in [0, 0.05) is 25.7 Å². The minimum Gasteiger partial charge on any atom is -0.333 e. The normalized spacial score (nSPS) is 19.1. The van der Waals surface area contributed by atoms with Gasteiger partial charge in [0.05, 0.1) is 12.7 Å². The smallest absolute Gasteiger partial charge is 0.276 e. The van der Waals surface area contributed by atoms with E-state index in [-0.39, 0.29) is 5.91 Å². The first-order valence-electron chi connectivity index (χ1n) is 10.8. The van der Waals surface area contributed by atoms with Gasteiger partial charge in [-0.25, -0.2) is 0 Å². The number of benzene rings is 2. The van der Waals surface area contributed by atoms with Gasteiger partial charge in [0.2, 0.25) is 0 Å². The Bertz CT molecular complexity index is 1020. The van der Waals surface area contributed by atoms with Crippen molar-refractivity contribution in [1.82, 2.24) is 24.8 Å². The maximum atomic E-state index is 13.0. The zero-order valence-corrected chi connectivity index (χ0v) is 17.2. The van der Waals surface area contributed by atoms with Crippen LogP contribution in [0.3, 0.4) is 0 Å². The molecule has 5 rings (SSSR count). The number of carbonyl (C=O) groups is 1. The number of amides is 1. The van der Waals surface area contributed by atoms with Crippen molar-refractivity contribution < 1.29 is 4.79 Å². The lowest BCUT2D eigenvalue weighted by atomic mass is 10.00. The van der Waals surface area contributed by atoms with Crippen LogP contribution in [0.15, 0.2) is 60.8 Å². The van der Waals surface area contributed by atoms with Crippen LogP contribution in [0.25, 0.3) is 0 Å². The van der Waals surface area contributed by atoms with E-state index in [4.69, 9.17) is 0 Å². The summed E-state index contributed by atoms with van der Waals surface area (Å²) < 4.78 is 1.85. The Labute approximate surface area is 177 Å². The number of carbonyl (C=O) groups excluding carboxylic acids is 1. The summed E-state index contributed by atoms with van der Waals surface area (Å²) in [5.74, 6) is -0.0247. The molecule has 2 aliphatic rings. The van der Waals surface area contributed by atoms with Gasteiger partial charge in [0.15, 0.2) is 5.69 Å². The van der Waals surface area contributed by atoms with Crippen LogP contribution < -0.4 is 0 Å². The van der Waals surface area contributed by atoms with E-state index in [0.29, 0.717) is 18.3 Å². The summed E-state index contributed by atoms with van der Waals surface area (Å²) in [5.41, 5.74) is 4.35. The Hall–Kier alpha value is -2.99. The van der Waals surface area contributed by atoms with E-state index in [1.165, 1.54) is 23.1 Å². The molecule has 2 aromatic carbocycles. The first-order valence-corrected chi connectivity index (χ1v) is 10.8. The van der Waals surface area contributed by atoms with Crippen LogP contribution in [0.5, 0.6) is 0 Å². The summed E-state index contributed by atoms with van der Waals surface area (Å²) in [4.78, 5) is 17.4. The quantitative estimate of drug-likeness (QED) is 0.659. The summed E-state index contributed by atoms with van der Waals surface area (Å²) in [7, 11) is 0. The van der Waals surface area contributed by atoms with E-state index in [2.05, 4.69) is 63.7 Å². The second-order valence-electron chi connectivity index (χ2n) is 8.32. The van der Waals surface area contributed by atoms with Crippen molar-refractivity contribution in [2.24, 2.45) is 0 Å². The van der Waals surface area contributed by atoms with E-state index in [1.807, 2.05) is 21.8 Å². The highest BCUT2D eigenvalue weighted by molar-refractivity contribution is 5.92. The van der Waals surface area contributed by atoms with E-state index < -0.39 is 0 Å². The Morgan fingerprint density at radius 1 is 1.00 bits per heavy atom. The first-order chi connectivity index (χ1) is 14.8. The van der Waals surface area contributed by atoms with Crippen LogP contribution in [0.2, 0.25) is 0 Å². The fourth-order valence-electron chi connectivity index (χ4n) is 4.66. The lowest BCUT2D eigenvalue weighted by molar-refractivity contribution is 0.0728. The molecule has 1 saturated heterocycles. The Morgan fingerprint density at radius 2 is 1.80 bits per heavy atom. The lowest BCUT2D eigenvalue weighted by Crippen LogP contribution is -2.36. The molecule has 3 heterocycles. The Kier molecular flexibility index (Phi) is 5.32. The highest BCUT2D eigenvalue weighted by Gasteiger charge is 2.27. The summed E-state index contributed by atoms with van der Waals surface area (Å²) in [6, 6.07) is 19.4. The molecule has 6 nitrogen and oxygen atoms in total. The average Bonchev–Trinajstić information content (AvgIpc) is 3.44. The van der Waals surface area contributed by atoms with Gasteiger partial charge in [-0.3, -0.25) is 14.4 Å². The van der Waals surface area contributed by atoms with Gasteiger partial charge in [-0.15, -0.1) is 5.10 Å². The summed E-state index contributed by atoms with van der Waals surface area (Å²) in [6.45, 7) is 4.22. The highest BCUT2D eigenvalue weighted by Crippen LogP contribution is 2.22. The topological polar surface area (TPSA) is 54.3 Å². The summed E-state index contributed by atoms with van der Waals surface area (Å²) in [6.07, 6.45) is 5.07. The molecule has 0 radical (unpaired) electrons. The second kappa shape index (κ2) is 8.40. The molecule has 30 heavy (non-hydrogen) atoms. The maximum absolute atomic E-state index is 13.0. The van der Waals surface area contributed by atoms with Crippen molar-refractivity contribution in [3.8, 4) is 0 Å². The molecule has 0 unspecified atom stereocenters. The third kappa shape index (κ3) is 4.00. The number of rotatable bonds is 5. The number of likely N-dealkylation sites (tertiary alicyclic amines) is 1. The molecule has 1 aromatic heterocycles. The van der Waals surface area contributed by atoms with Crippen LogP contribution in [0.4, 0.5) is 0 Å². The molecule has 6 heteroatoms. The number of fused-ring (bicyclic) bond motifs is 1. The molecule has 154 valence electrons. The zero-order chi connectivity index (χ0) is 20.3. The average molecular weight is 402 g/mol. The third-order valence-electron chi connectivity index (χ3n) is 6.30. The van der Waals surface area contributed by atoms with Crippen molar-refractivity contribution >= 4 is 5.91 Å². The summed E-state index contributed by atoms with van der Waals surface area (Å²) >= 11 is 0. The molecule has 0 bridgehead atoms. The van der Waals surface area contributed by atoms with Gasteiger partial charge in [-0.2, -0.15) is 0 Å². The molecule has 1 amide bonds. The van der Waals surface area contributed by atoms with Gasteiger partial charge in [-0.05, 0) is 42.5 Å². The number of hydrogen-bond acceptors (Lipinski definition) is 4. The minimum atomic E-state index is -0.0247. The van der Waals surface area contributed by atoms with Crippen molar-refractivity contribution in [1.29, 1.82) is 0 Å². The third-order valence-corrected chi connectivity index (χ3v) is 6.30. The SMILES string of the molecule is O=C(c1cn(C[C@@H]2CCCN2Cc2ccccc2)nn1)N1CCc2ccccc2C1. The molecule has 0 saturated carbocycles. The maximum Gasteiger partial charge on any atom is 0.276 e. The Morgan fingerprint density at radius 3 is 2.67 bits per heavy atom. The second-order valence-corrected chi connectivity index (χ2v) is 8.32. The molecule has 1 atom stereocenters. The highest BCUT2D eigenvalue weighted by atomic mass is 16.2. The first kappa shape index (κ1) is 19.0. The van der Waals surface area contributed by atoms with Crippen LogP contribution in [0, 0.1) is 0 Å². The molecular weight excluding hydrogens is 374 g/mol. The van der Waals surface area contributed by atoms with Gasteiger partial charge < -0.3 is 4.90 Å².